The molecule has 2 radical (unpaired) electrons. The molecule has 0 aliphatic rings. The summed E-state index contributed by atoms with van der Waals surface area (Å²) < 4.78 is 26.2. The van der Waals surface area contributed by atoms with Crippen LogP contribution >= 0.6 is 12.6 Å². The summed E-state index contributed by atoms with van der Waals surface area (Å²) in [6, 6.07) is 1.15. The van der Waals surface area contributed by atoms with E-state index in [9.17, 15) is 8.78 Å². The maximum Gasteiger partial charge on any atom is 0.129 e. The van der Waals surface area contributed by atoms with Crippen LogP contribution in [-0.2, 0) is 0 Å². The zero-order chi connectivity index (χ0) is 9.59. The van der Waals surface area contributed by atoms with E-state index in [1.165, 1.54) is 6.20 Å². The highest BCUT2D eigenvalue weighted by molar-refractivity contribution is 7.80. The Labute approximate surface area is 80.0 Å². The molecule has 0 atom stereocenters. The largest absolute Gasteiger partial charge is 0.360 e. The van der Waals surface area contributed by atoms with Crippen LogP contribution in [0.1, 0.15) is 0 Å². The van der Waals surface area contributed by atoms with E-state index in [1.807, 2.05) is 0 Å². The number of rotatable bonds is 0. The van der Waals surface area contributed by atoms with Crippen molar-refractivity contribution in [3.63, 3.8) is 0 Å². The highest BCUT2D eigenvalue weighted by atomic mass is 32.1. The molecule has 1 N–H and O–H groups in total. The van der Waals surface area contributed by atoms with Gasteiger partial charge in [-0.2, -0.15) is 0 Å². The molecule has 0 amide bonds. The third-order valence-corrected chi connectivity index (χ3v) is 2.23. The van der Waals surface area contributed by atoms with E-state index in [0.717, 1.165) is 6.07 Å². The Morgan fingerprint density at radius 2 is 2.08 bits per heavy atom. The van der Waals surface area contributed by atoms with Crippen molar-refractivity contribution < 1.29 is 8.78 Å². The van der Waals surface area contributed by atoms with Gasteiger partial charge in [-0.05, 0) is 11.5 Å². The predicted molar refractivity (Wildman–Crippen MR) is 50.9 cm³/mol. The van der Waals surface area contributed by atoms with Crippen molar-refractivity contribution in [1.29, 1.82) is 0 Å². The molecule has 1 aromatic carbocycles. The SMILES string of the molecule is [B]c1c(F)cc2[nH]cc(S)c2c1F. The van der Waals surface area contributed by atoms with Gasteiger partial charge in [0.2, 0.25) is 0 Å². The molecule has 1 aromatic heterocycles. The highest BCUT2D eigenvalue weighted by Crippen LogP contribution is 2.23. The number of thiol groups is 1. The average molecular weight is 195 g/mol. The monoisotopic (exact) mass is 195 g/mol. The van der Waals surface area contributed by atoms with Crippen molar-refractivity contribution in [2.24, 2.45) is 0 Å². The van der Waals surface area contributed by atoms with E-state index < -0.39 is 17.1 Å². The van der Waals surface area contributed by atoms with Gasteiger partial charge in [-0.3, -0.25) is 0 Å². The second-order valence-electron chi connectivity index (χ2n) is 2.68. The first-order valence-electron chi connectivity index (χ1n) is 3.54. The quantitative estimate of drug-likeness (QED) is 0.468. The highest BCUT2D eigenvalue weighted by Gasteiger charge is 2.12. The van der Waals surface area contributed by atoms with Gasteiger partial charge in [-0.1, -0.05) is 0 Å². The fourth-order valence-corrected chi connectivity index (χ4v) is 1.50. The van der Waals surface area contributed by atoms with Crippen molar-refractivity contribution in [3.8, 4) is 0 Å². The summed E-state index contributed by atoms with van der Waals surface area (Å²) in [7, 11) is 5.18. The molecule has 0 unspecified atom stereocenters. The maximum atomic E-state index is 13.3. The van der Waals surface area contributed by atoms with Gasteiger partial charge in [0.25, 0.3) is 0 Å². The Kier molecular flexibility index (Phi) is 1.84. The second-order valence-corrected chi connectivity index (χ2v) is 3.16. The first-order chi connectivity index (χ1) is 6.11. The van der Waals surface area contributed by atoms with Gasteiger partial charge >= 0.3 is 0 Å². The Morgan fingerprint density at radius 3 is 2.77 bits per heavy atom. The molecule has 13 heavy (non-hydrogen) atoms. The number of halogens is 2. The van der Waals surface area contributed by atoms with Crippen LogP contribution in [0.3, 0.4) is 0 Å². The number of H-pyrrole nitrogens is 1. The van der Waals surface area contributed by atoms with E-state index in [0.29, 0.717) is 10.4 Å². The molecule has 2 aromatic rings. The Hall–Kier alpha value is -0.965. The summed E-state index contributed by atoms with van der Waals surface area (Å²) in [6.45, 7) is 0. The van der Waals surface area contributed by atoms with Crippen LogP contribution in [0.5, 0.6) is 0 Å². The summed E-state index contributed by atoms with van der Waals surface area (Å²) in [5, 5.41) is 0.224. The van der Waals surface area contributed by atoms with E-state index >= 15 is 0 Å². The minimum Gasteiger partial charge on any atom is -0.360 e. The predicted octanol–water partition coefficient (Wildman–Crippen LogP) is 1.53. The summed E-state index contributed by atoms with van der Waals surface area (Å²) in [5.74, 6) is -1.53. The molecular formula is C8H4BF2NS. The fourth-order valence-electron chi connectivity index (χ4n) is 1.22. The number of fused-ring (bicyclic) bond motifs is 1. The van der Waals surface area contributed by atoms with E-state index in [1.54, 1.807) is 0 Å². The van der Waals surface area contributed by atoms with Crippen LogP contribution in [0.15, 0.2) is 17.2 Å². The van der Waals surface area contributed by atoms with Gasteiger partial charge in [-0.25, -0.2) is 8.78 Å². The fraction of sp³-hybridized carbons (Fsp3) is 0. The third-order valence-electron chi connectivity index (χ3n) is 1.87. The Balaban J connectivity index is 2.97. The van der Waals surface area contributed by atoms with Crippen molar-refractivity contribution in [2.45, 2.75) is 4.90 Å². The molecule has 64 valence electrons. The van der Waals surface area contributed by atoms with Gasteiger partial charge in [-0.15, -0.1) is 12.6 Å². The van der Waals surface area contributed by atoms with Crippen LogP contribution in [0, 0.1) is 11.6 Å². The van der Waals surface area contributed by atoms with Crippen LogP contribution < -0.4 is 5.46 Å². The van der Waals surface area contributed by atoms with Gasteiger partial charge in [0.1, 0.15) is 19.5 Å². The van der Waals surface area contributed by atoms with Crippen molar-refractivity contribution in [1.82, 2.24) is 4.98 Å². The molecular weight excluding hydrogens is 191 g/mol. The molecule has 0 bridgehead atoms. The number of benzene rings is 1. The lowest BCUT2D eigenvalue weighted by Crippen LogP contribution is -2.13. The lowest BCUT2D eigenvalue weighted by atomic mass is 9.93. The molecule has 1 heterocycles. The van der Waals surface area contributed by atoms with Crippen LogP contribution in [-0.4, -0.2) is 12.8 Å². The second kappa shape index (κ2) is 2.77. The molecule has 0 aliphatic heterocycles. The average Bonchev–Trinajstić information content (AvgIpc) is 2.43. The lowest BCUT2D eigenvalue weighted by molar-refractivity contribution is 0.605. The number of hydrogen-bond acceptors (Lipinski definition) is 1. The topological polar surface area (TPSA) is 15.8 Å². The van der Waals surface area contributed by atoms with Crippen LogP contribution in [0.2, 0.25) is 0 Å². The molecule has 0 saturated heterocycles. The molecule has 1 nitrogen and oxygen atoms in total. The zero-order valence-electron chi connectivity index (χ0n) is 6.44. The van der Waals surface area contributed by atoms with Gasteiger partial charge in [0.15, 0.2) is 0 Å². The molecule has 0 fully saturated rings. The summed E-state index contributed by atoms with van der Waals surface area (Å²) in [4.78, 5) is 3.10. The van der Waals surface area contributed by atoms with E-state index in [-0.39, 0.29) is 5.39 Å². The zero-order valence-corrected chi connectivity index (χ0v) is 7.33. The smallest absolute Gasteiger partial charge is 0.129 e. The summed E-state index contributed by atoms with van der Waals surface area (Å²) in [5.41, 5.74) is -0.114. The number of hydrogen-bond donors (Lipinski definition) is 2. The maximum absolute atomic E-state index is 13.3. The van der Waals surface area contributed by atoms with Crippen molar-refractivity contribution >= 4 is 36.8 Å². The molecule has 0 aliphatic carbocycles. The normalized spacial score (nSPS) is 11.0. The van der Waals surface area contributed by atoms with Gasteiger partial charge < -0.3 is 4.98 Å². The number of nitrogens with one attached hydrogen (secondary N) is 1. The van der Waals surface area contributed by atoms with Crippen LogP contribution in [0.25, 0.3) is 10.9 Å². The minimum absolute atomic E-state index is 0.224. The standard InChI is InChI=1S/C8H4BF2NS/c9-7-3(10)1-4-6(8(7)11)5(13)2-12-4/h1-2,12-13H. The molecule has 2 rings (SSSR count). The van der Waals surface area contributed by atoms with Crippen molar-refractivity contribution in [3.05, 3.63) is 23.9 Å². The Morgan fingerprint density at radius 1 is 1.38 bits per heavy atom. The molecule has 0 saturated carbocycles. The third kappa shape index (κ3) is 1.15. The number of aromatic nitrogens is 1. The number of aromatic amines is 1. The van der Waals surface area contributed by atoms with E-state index in [4.69, 9.17) is 7.85 Å². The Bertz CT molecular complexity index is 480. The first kappa shape index (κ1) is 8.63. The summed E-state index contributed by atoms with van der Waals surface area (Å²) in [6.07, 6.45) is 1.48. The molecule has 0 spiro atoms. The van der Waals surface area contributed by atoms with Gasteiger partial charge in [0.05, 0.1) is 5.52 Å². The van der Waals surface area contributed by atoms with Crippen molar-refractivity contribution in [2.75, 3.05) is 0 Å². The van der Waals surface area contributed by atoms with Crippen LogP contribution in [0.4, 0.5) is 8.78 Å². The minimum atomic E-state index is -0.764. The first-order valence-corrected chi connectivity index (χ1v) is 3.99. The van der Waals surface area contributed by atoms with Gasteiger partial charge in [0, 0.05) is 16.5 Å². The lowest BCUT2D eigenvalue weighted by Gasteiger charge is -2.00. The molecule has 5 heteroatoms. The summed E-state index contributed by atoms with van der Waals surface area (Å²) >= 11 is 4.00. The van der Waals surface area contributed by atoms with E-state index in [2.05, 4.69) is 17.6 Å².